The quantitative estimate of drug-likeness (QED) is 0.512. The summed E-state index contributed by atoms with van der Waals surface area (Å²) in [7, 11) is 0. The molecule has 0 atom stereocenters. The van der Waals surface area contributed by atoms with Gasteiger partial charge in [0.15, 0.2) is 0 Å². The first-order valence-electron chi connectivity index (χ1n) is 5.17. The van der Waals surface area contributed by atoms with Crippen molar-refractivity contribution in [2.24, 2.45) is 0 Å². The second-order valence-corrected chi connectivity index (χ2v) is 3.39. The predicted octanol–water partition coefficient (Wildman–Crippen LogP) is 4.04. The van der Waals surface area contributed by atoms with Gasteiger partial charge in [-0.05, 0) is 51.0 Å². The van der Waals surface area contributed by atoms with Crippen molar-refractivity contribution in [2.45, 2.75) is 51.9 Å². The van der Waals surface area contributed by atoms with Crippen molar-refractivity contribution in [2.75, 3.05) is 0 Å². The van der Waals surface area contributed by atoms with Crippen LogP contribution in [-0.4, -0.2) is 0 Å². The lowest BCUT2D eigenvalue weighted by Crippen LogP contribution is -1.85. The molecule has 0 saturated carbocycles. The molecule has 0 amide bonds. The third-order valence-corrected chi connectivity index (χ3v) is 2.38. The average Bonchev–Trinajstić information content (AvgIpc) is 2.14. The Morgan fingerprint density at radius 3 is 2.92 bits per heavy atom. The largest absolute Gasteiger partial charge is 0.0885 e. The normalized spacial score (nSPS) is 27.2. The Morgan fingerprint density at radius 1 is 1.25 bits per heavy atom. The van der Waals surface area contributed by atoms with E-state index in [1.54, 1.807) is 0 Å². The van der Waals surface area contributed by atoms with Crippen LogP contribution in [0, 0.1) is 6.08 Å². The molecule has 0 bridgehead atoms. The molecule has 1 aliphatic rings. The van der Waals surface area contributed by atoms with Crippen LogP contribution < -0.4 is 0 Å². The van der Waals surface area contributed by atoms with Crippen molar-refractivity contribution in [1.29, 1.82) is 0 Å². The van der Waals surface area contributed by atoms with Crippen LogP contribution in [0.2, 0.25) is 0 Å². The molecule has 0 aromatic carbocycles. The summed E-state index contributed by atoms with van der Waals surface area (Å²) in [6, 6.07) is 0. The van der Waals surface area contributed by atoms with Crippen LogP contribution in [0.5, 0.6) is 0 Å². The van der Waals surface area contributed by atoms with Gasteiger partial charge in [-0.25, -0.2) is 0 Å². The van der Waals surface area contributed by atoms with Gasteiger partial charge in [0.2, 0.25) is 0 Å². The molecule has 0 aromatic heterocycles. The molecule has 1 aliphatic carbocycles. The second-order valence-electron chi connectivity index (χ2n) is 3.39. The lowest BCUT2D eigenvalue weighted by Gasteiger charge is -2.03. The van der Waals surface area contributed by atoms with E-state index in [0.29, 0.717) is 0 Å². The molecule has 1 rings (SSSR count). The van der Waals surface area contributed by atoms with Gasteiger partial charge in [-0.1, -0.05) is 24.6 Å². The van der Waals surface area contributed by atoms with Crippen molar-refractivity contribution in [1.82, 2.24) is 0 Å². The summed E-state index contributed by atoms with van der Waals surface area (Å²) in [5.74, 6) is 0. The Labute approximate surface area is 76.4 Å². The minimum atomic E-state index is 1.18. The third kappa shape index (κ3) is 3.75. The Morgan fingerprint density at radius 2 is 2.08 bits per heavy atom. The van der Waals surface area contributed by atoms with Crippen molar-refractivity contribution in [3.63, 3.8) is 0 Å². The van der Waals surface area contributed by atoms with E-state index in [9.17, 15) is 0 Å². The van der Waals surface area contributed by atoms with Gasteiger partial charge in [-0.2, -0.15) is 0 Å². The Kier molecular flexibility index (Phi) is 4.82. The number of hydrogen-bond acceptors (Lipinski definition) is 0. The molecular weight excluding hydrogens is 144 g/mol. The van der Waals surface area contributed by atoms with Gasteiger partial charge in [0.25, 0.3) is 0 Å². The van der Waals surface area contributed by atoms with Crippen LogP contribution in [0.15, 0.2) is 17.7 Å². The molecule has 0 heterocycles. The molecule has 0 N–H and O–H groups in total. The zero-order valence-corrected chi connectivity index (χ0v) is 8.10. The molecule has 0 saturated heterocycles. The van der Waals surface area contributed by atoms with Crippen molar-refractivity contribution >= 4 is 0 Å². The number of rotatable bonds is 1. The van der Waals surface area contributed by atoms with E-state index in [1.165, 1.54) is 50.5 Å². The molecule has 0 aromatic rings. The van der Waals surface area contributed by atoms with E-state index in [1.807, 2.05) is 0 Å². The van der Waals surface area contributed by atoms with Crippen LogP contribution >= 0.6 is 0 Å². The van der Waals surface area contributed by atoms with Crippen LogP contribution in [-0.2, 0) is 0 Å². The first kappa shape index (κ1) is 9.57. The SMILES string of the molecule is CC/C1=[C]/CCCC/C=C\CC1. The maximum absolute atomic E-state index is 3.52. The average molecular weight is 163 g/mol. The summed E-state index contributed by atoms with van der Waals surface area (Å²) in [5, 5.41) is 0. The lowest BCUT2D eigenvalue weighted by atomic mass is 10.0. The Bertz CT molecular complexity index is 163. The topological polar surface area (TPSA) is 0 Å². The summed E-state index contributed by atoms with van der Waals surface area (Å²) < 4.78 is 0. The number of allylic oxidation sites excluding steroid dienone is 4. The molecule has 0 fully saturated rings. The van der Waals surface area contributed by atoms with E-state index in [0.717, 1.165) is 0 Å². The molecule has 1 radical (unpaired) electrons. The molecule has 12 heavy (non-hydrogen) atoms. The van der Waals surface area contributed by atoms with Crippen LogP contribution in [0.3, 0.4) is 0 Å². The zero-order valence-electron chi connectivity index (χ0n) is 8.10. The Hall–Kier alpha value is -0.520. The van der Waals surface area contributed by atoms with Gasteiger partial charge in [0.05, 0.1) is 0 Å². The summed E-state index contributed by atoms with van der Waals surface area (Å²) in [5.41, 5.74) is 1.53. The summed E-state index contributed by atoms with van der Waals surface area (Å²) >= 11 is 0. The van der Waals surface area contributed by atoms with Crippen molar-refractivity contribution in [3.05, 3.63) is 23.8 Å². The monoisotopic (exact) mass is 163 g/mol. The minimum absolute atomic E-state index is 1.18. The highest BCUT2D eigenvalue weighted by Gasteiger charge is 1.95. The van der Waals surface area contributed by atoms with Gasteiger partial charge in [0, 0.05) is 0 Å². The first-order valence-corrected chi connectivity index (χ1v) is 5.17. The van der Waals surface area contributed by atoms with Crippen molar-refractivity contribution < 1.29 is 0 Å². The first-order chi connectivity index (χ1) is 5.93. The molecule has 0 heteroatoms. The van der Waals surface area contributed by atoms with Crippen LogP contribution in [0.1, 0.15) is 51.9 Å². The maximum atomic E-state index is 3.52. The van der Waals surface area contributed by atoms with Gasteiger partial charge < -0.3 is 0 Å². The highest BCUT2D eigenvalue weighted by atomic mass is 14.0. The summed E-state index contributed by atoms with van der Waals surface area (Å²) in [6.45, 7) is 2.23. The number of hydrogen-bond donors (Lipinski definition) is 0. The fourth-order valence-electron chi connectivity index (χ4n) is 1.54. The Balaban J connectivity index is 2.40. The fourth-order valence-corrected chi connectivity index (χ4v) is 1.54. The maximum Gasteiger partial charge on any atom is -0.0276 e. The smallest absolute Gasteiger partial charge is 0.0276 e. The van der Waals surface area contributed by atoms with Gasteiger partial charge >= 0.3 is 0 Å². The van der Waals surface area contributed by atoms with Crippen LogP contribution in [0.25, 0.3) is 0 Å². The molecule has 67 valence electrons. The highest BCUT2D eigenvalue weighted by Crippen LogP contribution is 2.14. The minimum Gasteiger partial charge on any atom is -0.0885 e. The fraction of sp³-hybridized carbons (Fsp3) is 0.667. The molecule has 0 aliphatic heterocycles. The van der Waals surface area contributed by atoms with E-state index in [-0.39, 0.29) is 0 Å². The molecule has 0 unspecified atom stereocenters. The lowest BCUT2D eigenvalue weighted by molar-refractivity contribution is 0.732. The third-order valence-electron chi connectivity index (χ3n) is 2.38. The van der Waals surface area contributed by atoms with Gasteiger partial charge in [-0.3, -0.25) is 0 Å². The van der Waals surface area contributed by atoms with Gasteiger partial charge in [0.1, 0.15) is 0 Å². The van der Waals surface area contributed by atoms with Gasteiger partial charge in [-0.15, -0.1) is 0 Å². The molecule has 0 spiro atoms. The summed E-state index contributed by atoms with van der Waals surface area (Å²) in [6.07, 6.45) is 16.9. The van der Waals surface area contributed by atoms with E-state index >= 15 is 0 Å². The van der Waals surface area contributed by atoms with Crippen molar-refractivity contribution in [3.8, 4) is 0 Å². The summed E-state index contributed by atoms with van der Waals surface area (Å²) in [4.78, 5) is 0. The van der Waals surface area contributed by atoms with E-state index in [4.69, 9.17) is 0 Å². The van der Waals surface area contributed by atoms with E-state index in [2.05, 4.69) is 25.2 Å². The molecule has 0 nitrogen and oxygen atoms in total. The van der Waals surface area contributed by atoms with E-state index < -0.39 is 0 Å². The zero-order chi connectivity index (χ0) is 8.65. The standard InChI is InChI=1S/C12H19/c1-2-12-10-8-6-4-3-5-7-9-11-12/h4,6H,2-3,5,7-10H2,1H3/b6-4-,12-11?. The second kappa shape index (κ2) is 6.05. The highest BCUT2D eigenvalue weighted by molar-refractivity contribution is 4.99. The molecular formula is C12H19. The predicted molar refractivity (Wildman–Crippen MR) is 53.9 cm³/mol. The van der Waals surface area contributed by atoms with Crippen LogP contribution in [0.4, 0.5) is 0 Å².